The minimum Gasteiger partial charge on any atom is -0.330 e. The Hall–Kier alpha value is -0.0800. The molecule has 1 aliphatic heterocycles. The maximum absolute atomic E-state index is 5.65. The lowest BCUT2D eigenvalue weighted by atomic mass is 9.83. The SMILES string of the molecule is CCC1CCC(N2CCCC2CCCN)CC1. The normalized spacial score (nSPS) is 35.3. The van der Waals surface area contributed by atoms with Crippen LogP contribution in [0.1, 0.15) is 64.7 Å². The van der Waals surface area contributed by atoms with Gasteiger partial charge in [-0.05, 0) is 70.4 Å². The zero-order chi connectivity index (χ0) is 12.1. The highest BCUT2D eigenvalue weighted by Gasteiger charge is 2.32. The molecule has 100 valence electrons. The van der Waals surface area contributed by atoms with Gasteiger partial charge in [0.15, 0.2) is 0 Å². The van der Waals surface area contributed by atoms with E-state index in [2.05, 4.69) is 11.8 Å². The van der Waals surface area contributed by atoms with Gasteiger partial charge in [0.05, 0.1) is 0 Å². The van der Waals surface area contributed by atoms with E-state index in [1.165, 1.54) is 64.3 Å². The van der Waals surface area contributed by atoms with Crippen LogP contribution in [0.2, 0.25) is 0 Å². The van der Waals surface area contributed by atoms with Crippen LogP contribution < -0.4 is 5.73 Å². The number of hydrogen-bond acceptors (Lipinski definition) is 2. The van der Waals surface area contributed by atoms with Crippen molar-refractivity contribution < 1.29 is 0 Å². The first-order valence-electron chi connectivity index (χ1n) is 7.81. The lowest BCUT2D eigenvalue weighted by Gasteiger charge is -2.38. The first kappa shape index (κ1) is 13.4. The van der Waals surface area contributed by atoms with E-state index >= 15 is 0 Å². The average Bonchev–Trinajstić information content (AvgIpc) is 2.84. The van der Waals surface area contributed by atoms with E-state index in [1.807, 2.05) is 0 Å². The molecule has 1 saturated heterocycles. The van der Waals surface area contributed by atoms with Crippen LogP contribution in [0, 0.1) is 5.92 Å². The van der Waals surface area contributed by atoms with Crippen LogP contribution in [-0.2, 0) is 0 Å². The smallest absolute Gasteiger partial charge is 0.00991 e. The molecule has 2 N–H and O–H groups in total. The third-order valence-corrected chi connectivity index (χ3v) is 5.03. The zero-order valence-corrected chi connectivity index (χ0v) is 11.5. The van der Waals surface area contributed by atoms with Crippen molar-refractivity contribution in [3.05, 3.63) is 0 Å². The van der Waals surface area contributed by atoms with Gasteiger partial charge in [-0.2, -0.15) is 0 Å². The van der Waals surface area contributed by atoms with Gasteiger partial charge in [-0.1, -0.05) is 13.3 Å². The summed E-state index contributed by atoms with van der Waals surface area (Å²) in [6, 6.07) is 1.77. The van der Waals surface area contributed by atoms with Crippen molar-refractivity contribution in [1.82, 2.24) is 4.90 Å². The van der Waals surface area contributed by atoms with Crippen LogP contribution in [-0.4, -0.2) is 30.1 Å². The average molecular weight is 238 g/mol. The monoisotopic (exact) mass is 238 g/mol. The van der Waals surface area contributed by atoms with Crippen LogP contribution in [0.25, 0.3) is 0 Å². The van der Waals surface area contributed by atoms with Gasteiger partial charge in [0.1, 0.15) is 0 Å². The van der Waals surface area contributed by atoms with E-state index in [1.54, 1.807) is 0 Å². The minimum absolute atomic E-state index is 0.863. The van der Waals surface area contributed by atoms with Crippen molar-refractivity contribution >= 4 is 0 Å². The van der Waals surface area contributed by atoms with Crippen LogP contribution in [0.4, 0.5) is 0 Å². The highest BCUT2D eigenvalue weighted by Crippen LogP contribution is 2.34. The largest absolute Gasteiger partial charge is 0.330 e. The van der Waals surface area contributed by atoms with Crippen LogP contribution in [0.15, 0.2) is 0 Å². The lowest BCUT2D eigenvalue weighted by Crippen LogP contribution is -2.41. The van der Waals surface area contributed by atoms with Crippen LogP contribution in [0.3, 0.4) is 0 Å². The van der Waals surface area contributed by atoms with Gasteiger partial charge >= 0.3 is 0 Å². The quantitative estimate of drug-likeness (QED) is 0.797. The topological polar surface area (TPSA) is 29.3 Å². The van der Waals surface area contributed by atoms with Gasteiger partial charge in [0.2, 0.25) is 0 Å². The second kappa shape index (κ2) is 6.75. The molecule has 2 heteroatoms. The zero-order valence-electron chi connectivity index (χ0n) is 11.5. The predicted octanol–water partition coefficient (Wildman–Crippen LogP) is 3.16. The molecule has 2 nitrogen and oxygen atoms in total. The lowest BCUT2D eigenvalue weighted by molar-refractivity contribution is 0.118. The Balaban J connectivity index is 1.80. The summed E-state index contributed by atoms with van der Waals surface area (Å²) in [6.07, 6.45) is 12.6. The molecule has 1 unspecified atom stereocenters. The Morgan fingerprint density at radius 1 is 1.12 bits per heavy atom. The molecule has 0 aromatic carbocycles. The van der Waals surface area contributed by atoms with E-state index < -0.39 is 0 Å². The summed E-state index contributed by atoms with van der Waals surface area (Å²) in [7, 11) is 0. The third kappa shape index (κ3) is 3.45. The van der Waals surface area contributed by atoms with Gasteiger partial charge in [-0.3, -0.25) is 4.90 Å². The molecule has 0 spiro atoms. The van der Waals surface area contributed by atoms with Crippen molar-refractivity contribution in [3.63, 3.8) is 0 Å². The first-order chi connectivity index (χ1) is 8.35. The fourth-order valence-corrected chi connectivity index (χ4v) is 3.89. The summed E-state index contributed by atoms with van der Waals surface area (Å²) in [5.41, 5.74) is 5.65. The second-order valence-corrected chi connectivity index (χ2v) is 6.05. The Morgan fingerprint density at radius 2 is 1.88 bits per heavy atom. The summed E-state index contributed by atoms with van der Waals surface area (Å²) in [5, 5.41) is 0. The molecule has 1 atom stereocenters. The standard InChI is InChI=1S/C15H30N2/c1-2-13-7-9-15(10-8-13)17-12-4-6-14(17)5-3-11-16/h13-15H,2-12,16H2,1H3. The van der Waals surface area contributed by atoms with Crippen molar-refractivity contribution in [3.8, 4) is 0 Å². The number of likely N-dealkylation sites (tertiary alicyclic amines) is 1. The van der Waals surface area contributed by atoms with E-state index in [-0.39, 0.29) is 0 Å². The molecule has 17 heavy (non-hydrogen) atoms. The maximum Gasteiger partial charge on any atom is 0.00991 e. The van der Waals surface area contributed by atoms with Crippen LogP contribution in [0.5, 0.6) is 0 Å². The predicted molar refractivity (Wildman–Crippen MR) is 74.1 cm³/mol. The van der Waals surface area contributed by atoms with Gasteiger partial charge in [0, 0.05) is 12.1 Å². The van der Waals surface area contributed by atoms with Crippen molar-refractivity contribution in [2.75, 3.05) is 13.1 Å². The molecule has 2 aliphatic rings. The number of nitrogens with zero attached hydrogens (tertiary/aromatic N) is 1. The van der Waals surface area contributed by atoms with Gasteiger partial charge in [-0.25, -0.2) is 0 Å². The minimum atomic E-state index is 0.863. The third-order valence-electron chi connectivity index (χ3n) is 5.03. The second-order valence-electron chi connectivity index (χ2n) is 6.05. The molecule has 2 fully saturated rings. The highest BCUT2D eigenvalue weighted by atomic mass is 15.2. The summed E-state index contributed by atoms with van der Waals surface area (Å²) < 4.78 is 0. The highest BCUT2D eigenvalue weighted by molar-refractivity contribution is 4.87. The number of rotatable bonds is 5. The molecule has 1 aliphatic carbocycles. The molecule has 0 radical (unpaired) electrons. The molecule has 1 heterocycles. The molecular formula is C15H30N2. The fourth-order valence-electron chi connectivity index (χ4n) is 3.89. The van der Waals surface area contributed by atoms with E-state index in [0.29, 0.717) is 0 Å². The Morgan fingerprint density at radius 3 is 2.53 bits per heavy atom. The Bertz CT molecular complexity index is 209. The van der Waals surface area contributed by atoms with Gasteiger partial charge in [-0.15, -0.1) is 0 Å². The first-order valence-corrected chi connectivity index (χ1v) is 7.81. The molecular weight excluding hydrogens is 208 g/mol. The van der Waals surface area contributed by atoms with E-state index in [0.717, 1.165) is 24.5 Å². The van der Waals surface area contributed by atoms with E-state index in [9.17, 15) is 0 Å². The molecule has 2 rings (SSSR count). The Kier molecular flexibility index (Phi) is 5.30. The van der Waals surface area contributed by atoms with Crippen molar-refractivity contribution in [2.45, 2.75) is 76.8 Å². The Labute approximate surface area is 107 Å². The molecule has 0 amide bonds. The summed E-state index contributed by atoms with van der Waals surface area (Å²) in [6.45, 7) is 4.58. The summed E-state index contributed by atoms with van der Waals surface area (Å²) >= 11 is 0. The fraction of sp³-hybridized carbons (Fsp3) is 1.00. The van der Waals surface area contributed by atoms with E-state index in [4.69, 9.17) is 5.73 Å². The molecule has 0 bridgehead atoms. The molecule has 1 saturated carbocycles. The maximum atomic E-state index is 5.65. The van der Waals surface area contributed by atoms with Crippen LogP contribution >= 0.6 is 0 Å². The summed E-state index contributed by atoms with van der Waals surface area (Å²) in [5.74, 6) is 1.02. The summed E-state index contributed by atoms with van der Waals surface area (Å²) in [4.78, 5) is 2.83. The van der Waals surface area contributed by atoms with Gasteiger partial charge < -0.3 is 5.73 Å². The number of hydrogen-bond donors (Lipinski definition) is 1. The van der Waals surface area contributed by atoms with Gasteiger partial charge in [0.25, 0.3) is 0 Å². The molecule has 0 aromatic heterocycles. The van der Waals surface area contributed by atoms with Crippen molar-refractivity contribution in [1.29, 1.82) is 0 Å². The molecule has 0 aromatic rings. The number of nitrogens with two attached hydrogens (primary N) is 1. The van der Waals surface area contributed by atoms with Crippen molar-refractivity contribution in [2.24, 2.45) is 11.7 Å².